The van der Waals surface area contributed by atoms with Gasteiger partial charge in [-0.2, -0.15) is 5.26 Å². The Bertz CT molecular complexity index is 309. The van der Waals surface area contributed by atoms with Crippen molar-refractivity contribution in [3.8, 4) is 6.07 Å². The van der Waals surface area contributed by atoms with Gasteiger partial charge in [-0.25, -0.2) is 0 Å². The molecule has 0 saturated carbocycles. The average molecular weight is 237 g/mol. The molecule has 0 aliphatic carbocycles. The molecule has 0 radical (unpaired) electrons. The number of likely N-dealkylation sites (tertiary alicyclic amines) is 1. The zero-order valence-electron chi connectivity index (χ0n) is 10.1. The molecule has 1 fully saturated rings. The monoisotopic (exact) mass is 237 g/mol. The average Bonchev–Trinajstić information content (AvgIpc) is 2.50. The molecular weight excluding hydrogens is 218 g/mol. The Morgan fingerprint density at radius 1 is 1.41 bits per heavy atom. The van der Waals surface area contributed by atoms with E-state index in [1.807, 2.05) is 4.90 Å². The lowest BCUT2D eigenvalue weighted by Gasteiger charge is -2.20. The van der Waals surface area contributed by atoms with Gasteiger partial charge in [-0.15, -0.1) is 0 Å². The number of nitrogens with one attached hydrogen (secondary N) is 1. The second kappa shape index (κ2) is 7.66. The van der Waals surface area contributed by atoms with Crippen LogP contribution in [0, 0.1) is 11.3 Å². The van der Waals surface area contributed by atoms with Crippen molar-refractivity contribution < 1.29 is 9.59 Å². The van der Waals surface area contributed by atoms with Crippen LogP contribution >= 0.6 is 0 Å². The molecule has 1 aliphatic heterocycles. The SMILES string of the molecule is N#CCC(=O)NCCCN1CCCCCC1=O. The minimum absolute atomic E-state index is 0.0946. The number of hydrogen-bond acceptors (Lipinski definition) is 3. The fraction of sp³-hybridized carbons (Fsp3) is 0.750. The summed E-state index contributed by atoms with van der Waals surface area (Å²) < 4.78 is 0. The fourth-order valence-electron chi connectivity index (χ4n) is 1.91. The normalized spacial score (nSPS) is 16.2. The van der Waals surface area contributed by atoms with Crippen LogP contribution < -0.4 is 5.32 Å². The Morgan fingerprint density at radius 2 is 2.24 bits per heavy atom. The van der Waals surface area contributed by atoms with Crippen LogP contribution in [0.5, 0.6) is 0 Å². The highest BCUT2D eigenvalue weighted by atomic mass is 16.2. The third-order valence-electron chi connectivity index (χ3n) is 2.84. The summed E-state index contributed by atoms with van der Waals surface area (Å²) >= 11 is 0. The zero-order valence-corrected chi connectivity index (χ0v) is 10.1. The van der Waals surface area contributed by atoms with Gasteiger partial charge in [0.2, 0.25) is 11.8 Å². The van der Waals surface area contributed by atoms with E-state index < -0.39 is 0 Å². The lowest BCUT2D eigenvalue weighted by atomic mass is 10.2. The minimum Gasteiger partial charge on any atom is -0.355 e. The predicted molar refractivity (Wildman–Crippen MR) is 62.9 cm³/mol. The molecule has 94 valence electrons. The van der Waals surface area contributed by atoms with Crippen molar-refractivity contribution in [2.75, 3.05) is 19.6 Å². The Labute approximate surface area is 102 Å². The maximum absolute atomic E-state index is 11.6. The molecule has 0 spiro atoms. The number of carbonyl (C=O) groups excluding carboxylic acids is 2. The molecule has 0 bridgehead atoms. The van der Waals surface area contributed by atoms with E-state index in [0.717, 1.165) is 32.2 Å². The molecule has 5 heteroatoms. The molecule has 1 heterocycles. The molecule has 17 heavy (non-hydrogen) atoms. The van der Waals surface area contributed by atoms with E-state index in [0.29, 0.717) is 19.5 Å². The van der Waals surface area contributed by atoms with Gasteiger partial charge in [0.25, 0.3) is 0 Å². The van der Waals surface area contributed by atoms with Gasteiger partial charge >= 0.3 is 0 Å². The summed E-state index contributed by atoms with van der Waals surface area (Å²) in [7, 11) is 0. The van der Waals surface area contributed by atoms with Crippen LogP contribution in [0.4, 0.5) is 0 Å². The van der Waals surface area contributed by atoms with Crippen LogP contribution in [0.1, 0.15) is 38.5 Å². The third kappa shape index (κ3) is 5.34. The van der Waals surface area contributed by atoms with Crippen LogP contribution in [0.25, 0.3) is 0 Å². The smallest absolute Gasteiger partial charge is 0.234 e. The Morgan fingerprint density at radius 3 is 3.00 bits per heavy atom. The second-order valence-electron chi connectivity index (χ2n) is 4.23. The number of hydrogen-bond donors (Lipinski definition) is 1. The van der Waals surface area contributed by atoms with Crippen LogP contribution in [-0.2, 0) is 9.59 Å². The molecular formula is C12H19N3O2. The first-order chi connectivity index (χ1) is 8.24. The van der Waals surface area contributed by atoms with Crippen molar-refractivity contribution in [2.45, 2.75) is 38.5 Å². The molecule has 1 N–H and O–H groups in total. The maximum atomic E-state index is 11.6. The number of nitrogens with zero attached hydrogens (tertiary/aromatic N) is 2. The Kier molecular flexibility index (Phi) is 6.08. The van der Waals surface area contributed by atoms with Gasteiger partial charge in [0.15, 0.2) is 0 Å². The first-order valence-electron chi connectivity index (χ1n) is 6.15. The van der Waals surface area contributed by atoms with Crippen molar-refractivity contribution in [1.82, 2.24) is 10.2 Å². The maximum Gasteiger partial charge on any atom is 0.234 e. The third-order valence-corrected chi connectivity index (χ3v) is 2.84. The van der Waals surface area contributed by atoms with Crippen LogP contribution in [0.2, 0.25) is 0 Å². The summed E-state index contributed by atoms with van der Waals surface area (Å²) in [6.45, 7) is 2.07. The highest BCUT2D eigenvalue weighted by molar-refractivity contribution is 5.78. The molecule has 1 rings (SSSR count). The molecule has 0 aromatic carbocycles. The summed E-state index contributed by atoms with van der Waals surface area (Å²) in [5.74, 6) is -0.0134. The van der Waals surface area contributed by atoms with E-state index in [1.165, 1.54) is 0 Å². The first-order valence-corrected chi connectivity index (χ1v) is 6.15. The van der Waals surface area contributed by atoms with Crippen molar-refractivity contribution in [1.29, 1.82) is 5.26 Å². The van der Waals surface area contributed by atoms with Crippen molar-refractivity contribution in [3.63, 3.8) is 0 Å². The van der Waals surface area contributed by atoms with Crippen LogP contribution in [0.15, 0.2) is 0 Å². The van der Waals surface area contributed by atoms with Crippen molar-refractivity contribution in [3.05, 3.63) is 0 Å². The molecule has 0 aromatic heterocycles. The van der Waals surface area contributed by atoms with Gasteiger partial charge in [0.1, 0.15) is 6.42 Å². The predicted octanol–water partition coefficient (Wildman–Crippen LogP) is 0.809. The van der Waals surface area contributed by atoms with Crippen molar-refractivity contribution >= 4 is 11.8 Å². The Balaban J connectivity index is 2.15. The quantitative estimate of drug-likeness (QED) is 0.719. The fourth-order valence-corrected chi connectivity index (χ4v) is 1.91. The second-order valence-corrected chi connectivity index (χ2v) is 4.23. The number of rotatable bonds is 5. The lowest BCUT2D eigenvalue weighted by molar-refractivity contribution is -0.130. The first kappa shape index (κ1) is 13.5. The molecule has 0 aromatic rings. The highest BCUT2D eigenvalue weighted by Crippen LogP contribution is 2.10. The van der Waals surface area contributed by atoms with E-state index >= 15 is 0 Å². The Hall–Kier alpha value is -1.57. The zero-order chi connectivity index (χ0) is 12.5. The molecule has 0 atom stereocenters. The van der Waals surface area contributed by atoms with Gasteiger partial charge < -0.3 is 10.2 Å². The van der Waals surface area contributed by atoms with Crippen molar-refractivity contribution in [2.24, 2.45) is 0 Å². The highest BCUT2D eigenvalue weighted by Gasteiger charge is 2.15. The van der Waals surface area contributed by atoms with Gasteiger partial charge in [-0.1, -0.05) is 6.42 Å². The lowest BCUT2D eigenvalue weighted by Crippen LogP contribution is -2.33. The van der Waals surface area contributed by atoms with Gasteiger partial charge in [-0.05, 0) is 19.3 Å². The van der Waals surface area contributed by atoms with Gasteiger partial charge in [-0.3, -0.25) is 9.59 Å². The summed E-state index contributed by atoms with van der Waals surface area (Å²) in [5, 5.41) is 11.0. The topological polar surface area (TPSA) is 73.2 Å². The molecule has 1 saturated heterocycles. The molecule has 0 unspecified atom stereocenters. The summed E-state index contributed by atoms with van der Waals surface area (Å²) in [5.41, 5.74) is 0. The molecule has 2 amide bonds. The largest absolute Gasteiger partial charge is 0.355 e. The summed E-state index contributed by atoms with van der Waals surface area (Å²) in [6.07, 6.45) is 4.51. The van der Waals surface area contributed by atoms with Gasteiger partial charge in [0, 0.05) is 26.1 Å². The standard InChI is InChI=1S/C12H19N3O2/c13-7-6-11(16)14-8-4-10-15-9-3-1-2-5-12(15)17/h1-6,8-10H2,(H,14,16). The molecule has 5 nitrogen and oxygen atoms in total. The van der Waals surface area contributed by atoms with Crippen LogP contribution in [-0.4, -0.2) is 36.3 Å². The van der Waals surface area contributed by atoms with Gasteiger partial charge in [0.05, 0.1) is 6.07 Å². The number of carbonyl (C=O) groups is 2. The summed E-state index contributed by atoms with van der Waals surface area (Å²) in [4.78, 5) is 24.5. The van der Waals surface area contributed by atoms with E-state index in [9.17, 15) is 9.59 Å². The van der Waals surface area contributed by atoms with E-state index in [4.69, 9.17) is 5.26 Å². The van der Waals surface area contributed by atoms with Crippen LogP contribution in [0.3, 0.4) is 0 Å². The molecule has 1 aliphatic rings. The summed E-state index contributed by atoms with van der Waals surface area (Å²) in [6, 6.07) is 1.80. The van der Waals surface area contributed by atoms with E-state index in [1.54, 1.807) is 6.07 Å². The minimum atomic E-state index is -0.241. The number of nitriles is 1. The van der Waals surface area contributed by atoms with E-state index in [-0.39, 0.29) is 18.2 Å². The van der Waals surface area contributed by atoms with E-state index in [2.05, 4.69) is 5.32 Å². The number of amides is 2.